The van der Waals surface area contributed by atoms with Crippen molar-refractivity contribution in [1.82, 2.24) is 5.32 Å². The van der Waals surface area contributed by atoms with Gasteiger partial charge in [0, 0.05) is 18.7 Å². The summed E-state index contributed by atoms with van der Waals surface area (Å²) in [4.78, 5) is 0. The van der Waals surface area contributed by atoms with Crippen LogP contribution in [-0.4, -0.2) is 24.3 Å². The molecular formula is C17H31NO. The molecule has 0 bridgehead atoms. The van der Waals surface area contributed by atoms with Crippen molar-refractivity contribution in [3.63, 3.8) is 0 Å². The third-order valence-corrected chi connectivity index (χ3v) is 5.86. The summed E-state index contributed by atoms with van der Waals surface area (Å²) < 4.78 is 6.04. The minimum Gasteiger partial charge on any atom is -0.375 e. The number of hydrogen-bond donors (Lipinski definition) is 1. The van der Waals surface area contributed by atoms with Crippen LogP contribution in [0, 0.1) is 5.92 Å². The molecule has 1 unspecified atom stereocenters. The molecule has 19 heavy (non-hydrogen) atoms. The van der Waals surface area contributed by atoms with Crippen molar-refractivity contribution in [3.8, 4) is 0 Å². The smallest absolute Gasteiger partial charge is 0.0697 e. The van der Waals surface area contributed by atoms with Gasteiger partial charge in [-0.2, -0.15) is 0 Å². The van der Waals surface area contributed by atoms with Gasteiger partial charge in [0.25, 0.3) is 0 Å². The fourth-order valence-corrected chi connectivity index (χ4v) is 4.41. The maximum Gasteiger partial charge on any atom is 0.0697 e. The topological polar surface area (TPSA) is 21.3 Å². The molecule has 3 aliphatic rings. The van der Waals surface area contributed by atoms with Gasteiger partial charge in [-0.25, -0.2) is 0 Å². The molecule has 1 heterocycles. The molecule has 2 atom stereocenters. The fourth-order valence-electron chi connectivity index (χ4n) is 4.41. The highest BCUT2D eigenvalue weighted by atomic mass is 16.5. The Hall–Kier alpha value is -0.0800. The molecule has 3 rings (SSSR count). The van der Waals surface area contributed by atoms with Crippen LogP contribution in [0.1, 0.15) is 77.6 Å². The molecule has 2 saturated carbocycles. The summed E-state index contributed by atoms with van der Waals surface area (Å²) >= 11 is 0. The normalized spacial score (nSPS) is 33.6. The van der Waals surface area contributed by atoms with E-state index in [1.165, 1.54) is 70.6 Å². The van der Waals surface area contributed by atoms with Crippen molar-refractivity contribution in [2.45, 2.75) is 95.2 Å². The number of nitrogens with one attached hydrogen (secondary N) is 1. The van der Waals surface area contributed by atoms with E-state index in [0.717, 1.165) is 12.5 Å². The Kier molecular flexibility index (Phi) is 4.48. The van der Waals surface area contributed by atoms with Gasteiger partial charge in [-0.15, -0.1) is 0 Å². The highest BCUT2D eigenvalue weighted by molar-refractivity contribution is 4.96. The van der Waals surface area contributed by atoms with Gasteiger partial charge >= 0.3 is 0 Å². The SMILES string of the molecule is C[C@H](NC1CCOC2(CCC2)C1)C1CCCCCC1. The number of rotatable bonds is 3. The Labute approximate surface area is 118 Å². The zero-order valence-electron chi connectivity index (χ0n) is 12.6. The largest absolute Gasteiger partial charge is 0.375 e. The highest BCUT2D eigenvalue weighted by Crippen LogP contribution is 2.42. The van der Waals surface area contributed by atoms with Crippen LogP contribution in [0.2, 0.25) is 0 Å². The standard InChI is InChI=1S/C17H31NO/c1-14(15-7-4-2-3-5-8-15)18-16-9-12-19-17(13-16)10-6-11-17/h14-16,18H,2-13H2,1H3/t14-,16?/m0/s1. The van der Waals surface area contributed by atoms with E-state index in [2.05, 4.69) is 12.2 Å². The number of hydrogen-bond acceptors (Lipinski definition) is 2. The Morgan fingerprint density at radius 2 is 1.74 bits per heavy atom. The van der Waals surface area contributed by atoms with Crippen molar-refractivity contribution >= 4 is 0 Å². The van der Waals surface area contributed by atoms with Gasteiger partial charge < -0.3 is 10.1 Å². The molecule has 1 N–H and O–H groups in total. The minimum absolute atomic E-state index is 0.291. The van der Waals surface area contributed by atoms with E-state index in [1.807, 2.05) is 0 Å². The first kappa shape index (κ1) is 13.9. The summed E-state index contributed by atoms with van der Waals surface area (Å²) in [6.07, 6.45) is 15.2. The summed E-state index contributed by atoms with van der Waals surface area (Å²) in [5.74, 6) is 0.919. The average molecular weight is 265 g/mol. The molecule has 0 aromatic carbocycles. The quantitative estimate of drug-likeness (QED) is 0.778. The maximum absolute atomic E-state index is 6.04. The van der Waals surface area contributed by atoms with Crippen LogP contribution >= 0.6 is 0 Å². The van der Waals surface area contributed by atoms with Crippen molar-refractivity contribution in [2.24, 2.45) is 5.92 Å². The van der Waals surface area contributed by atoms with Gasteiger partial charge in [0.15, 0.2) is 0 Å². The van der Waals surface area contributed by atoms with E-state index in [-0.39, 0.29) is 0 Å². The molecule has 3 fully saturated rings. The second-order valence-electron chi connectivity index (χ2n) is 7.28. The molecule has 0 amide bonds. The van der Waals surface area contributed by atoms with Gasteiger partial charge in [-0.3, -0.25) is 0 Å². The van der Waals surface area contributed by atoms with E-state index in [4.69, 9.17) is 4.74 Å². The number of ether oxygens (including phenoxy) is 1. The van der Waals surface area contributed by atoms with Crippen LogP contribution in [0.15, 0.2) is 0 Å². The van der Waals surface area contributed by atoms with Crippen LogP contribution in [0.5, 0.6) is 0 Å². The van der Waals surface area contributed by atoms with Crippen LogP contribution in [0.25, 0.3) is 0 Å². The lowest BCUT2D eigenvalue weighted by molar-refractivity contribution is -0.136. The Bertz CT molecular complexity index is 279. The van der Waals surface area contributed by atoms with Crippen LogP contribution in [-0.2, 0) is 4.74 Å². The van der Waals surface area contributed by atoms with Gasteiger partial charge in [-0.05, 0) is 57.8 Å². The third-order valence-electron chi connectivity index (χ3n) is 5.86. The van der Waals surface area contributed by atoms with E-state index >= 15 is 0 Å². The van der Waals surface area contributed by atoms with Crippen molar-refractivity contribution in [2.75, 3.05) is 6.61 Å². The molecule has 0 aromatic heterocycles. The Morgan fingerprint density at radius 3 is 2.37 bits per heavy atom. The van der Waals surface area contributed by atoms with Crippen molar-refractivity contribution in [3.05, 3.63) is 0 Å². The summed E-state index contributed by atoms with van der Waals surface area (Å²) in [6.45, 7) is 3.41. The first-order chi connectivity index (χ1) is 9.27. The molecule has 1 aliphatic heterocycles. The predicted octanol–water partition coefficient (Wildman–Crippen LogP) is 4.04. The van der Waals surface area contributed by atoms with Gasteiger partial charge in [0.05, 0.1) is 5.60 Å². The monoisotopic (exact) mass is 265 g/mol. The maximum atomic E-state index is 6.04. The zero-order chi connectivity index (χ0) is 13.1. The van der Waals surface area contributed by atoms with Crippen LogP contribution in [0.3, 0.4) is 0 Å². The van der Waals surface area contributed by atoms with Gasteiger partial charge in [0.1, 0.15) is 0 Å². The molecule has 2 aliphatic carbocycles. The average Bonchev–Trinajstić information content (AvgIpc) is 2.66. The second kappa shape index (κ2) is 6.13. The Morgan fingerprint density at radius 1 is 1.00 bits per heavy atom. The lowest BCUT2D eigenvalue weighted by Crippen LogP contribution is -2.53. The summed E-state index contributed by atoms with van der Waals surface area (Å²) in [5.41, 5.74) is 0.291. The predicted molar refractivity (Wildman–Crippen MR) is 79.3 cm³/mol. The summed E-state index contributed by atoms with van der Waals surface area (Å²) in [7, 11) is 0. The van der Waals surface area contributed by atoms with Crippen molar-refractivity contribution < 1.29 is 4.74 Å². The summed E-state index contributed by atoms with van der Waals surface area (Å²) in [5, 5.41) is 3.96. The molecule has 0 radical (unpaired) electrons. The van der Waals surface area contributed by atoms with E-state index in [1.54, 1.807) is 0 Å². The minimum atomic E-state index is 0.291. The first-order valence-electron chi connectivity index (χ1n) is 8.67. The van der Waals surface area contributed by atoms with Gasteiger partial charge in [0.2, 0.25) is 0 Å². The molecular weight excluding hydrogens is 234 g/mol. The fraction of sp³-hybridized carbons (Fsp3) is 1.00. The summed E-state index contributed by atoms with van der Waals surface area (Å²) in [6, 6.07) is 1.42. The molecule has 110 valence electrons. The molecule has 1 saturated heterocycles. The van der Waals surface area contributed by atoms with Crippen LogP contribution in [0.4, 0.5) is 0 Å². The molecule has 0 aromatic rings. The van der Waals surface area contributed by atoms with E-state index < -0.39 is 0 Å². The van der Waals surface area contributed by atoms with Crippen LogP contribution < -0.4 is 5.32 Å². The first-order valence-corrected chi connectivity index (χ1v) is 8.67. The lowest BCUT2D eigenvalue weighted by Gasteiger charge is -2.48. The van der Waals surface area contributed by atoms with Gasteiger partial charge in [-0.1, -0.05) is 25.7 Å². The zero-order valence-corrected chi connectivity index (χ0v) is 12.6. The Balaban J connectivity index is 1.49. The molecule has 1 spiro atoms. The molecule has 2 nitrogen and oxygen atoms in total. The lowest BCUT2D eigenvalue weighted by atomic mass is 9.73. The van der Waals surface area contributed by atoms with E-state index in [9.17, 15) is 0 Å². The second-order valence-corrected chi connectivity index (χ2v) is 7.28. The highest BCUT2D eigenvalue weighted by Gasteiger charge is 2.42. The van der Waals surface area contributed by atoms with Crippen molar-refractivity contribution in [1.29, 1.82) is 0 Å². The third kappa shape index (κ3) is 3.33. The van der Waals surface area contributed by atoms with E-state index in [0.29, 0.717) is 17.7 Å². The molecule has 2 heteroatoms.